The van der Waals surface area contributed by atoms with Gasteiger partial charge >= 0.3 is 0 Å². The van der Waals surface area contributed by atoms with E-state index in [0.29, 0.717) is 31.0 Å². The van der Waals surface area contributed by atoms with E-state index in [1.807, 2.05) is 71.6 Å². The second kappa shape index (κ2) is 10.6. The van der Waals surface area contributed by atoms with Gasteiger partial charge in [0, 0.05) is 42.7 Å². The second-order valence-electron chi connectivity index (χ2n) is 8.74. The van der Waals surface area contributed by atoms with Crippen molar-refractivity contribution in [3.63, 3.8) is 0 Å². The van der Waals surface area contributed by atoms with E-state index in [4.69, 9.17) is 14.2 Å². The zero-order chi connectivity index (χ0) is 24.9. The summed E-state index contributed by atoms with van der Waals surface area (Å²) in [5.74, 6) is 2.37. The number of piperazine rings is 1. The number of amides is 1. The van der Waals surface area contributed by atoms with Gasteiger partial charge in [-0.25, -0.2) is 0 Å². The smallest absolute Gasteiger partial charge is 0.253 e. The van der Waals surface area contributed by atoms with Crippen LogP contribution in [0.1, 0.15) is 15.9 Å². The Morgan fingerprint density at radius 1 is 0.750 bits per heavy atom. The summed E-state index contributed by atoms with van der Waals surface area (Å²) >= 11 is 0. The first-order valence-electron chi connectivity index (χ1n) is 12.1. The first kappa shape index (κ1) is 23.5. The van der Waals surface area contributed by atoms with Gasteiger partial charge in [-0.05, 0) is 41.8 Å². The van der Waals surface area contributed by atoms with Gasteiger partial charge in [0.2, 0.25) is 0 Å². The van der Waals surface area contributed by atoms with Gasteiger partial charge in [0.15, 0.2) is 0 Å². The monoisotopic (exact) mass is 482 g/mol. The number of fused-ring (bicyclic) bond motifs is 1. The number of benzene rings is 4. The highest BCUT2D eigenvalue weighted by Crippen LogP contribution is 2.30. The van der Waals surface area contributed by atoms with Crippen LogP contribution in [0.3, 0.4) is 0 Å². The first-order chi connectivity index (χ1) is 17.7. The van der Waals surface area contributed by atoms with Crippen molar-refractivity contribution >= 4 is 22.4 Å². The number of para-hydroxylation sites is 2. The zero-order valence-electron chi connectivity index (χ0n) is 20.6. The lowest BCUT2D eigenvalue weighted by Gasteiger charge is -2.36. The molecule has 0 atom stereocenters. The van der Waals surface area contributed by atoms with Gasteiger partial charge in [-0.2, -0.15) is 0 Å². The maximum Gasteiger partial charge on any atom is 0.253 e. The topological polar surface area (TPSA) is 51.2 Å². The summed E-state index contributed by atoms with van der Waals surface area (Å²) in [5.41, 5.74) is 2.53. The van der Waals surface area contributed by atoms with E-state index in [-0.39, 0.29) is 5.91 Å². The maximum atomic E-state index is 13.4. The molecule has 0 saturated carbocycles. The second-order valence-corrected chi connectivity index (χ2v) is 8.74. The molecule has 1 aliphatic heterocycles. The van der Waals surface area contributed by atoms with Crippen LogP contribution in [0, 0.1) is 0 Å². The standard InChI is InChI=1S/C30H30N2O4/c1-34-27-15-14-23(20-24(27)21-36-28-13-7-9-22-8-3-4-10-25(22)28)30(33)32-18-16-31(17-19-32)26-11-5-6-12-29(26)35-2/h3-15,20H,16-19,21H2,1-2H3. The Bertz CT molecular complexity index is 1360. The van der Waals surface area contributed by atoms with Crippen LogP contribution in [0.15, 0.2) is 84.9 Å². The average Bonchev–Trinajstić information content (AvgIpc) is 2.95. The van der Waals surface area contributed by atoms with Crippen LogP contribution in [0.2, 0.25) is 0 Å². The SMILES string of the molecule is COc1ccc(C(=O)N2CCN(c3ccccc3OC)CC2)cc1COc1cccc2ccccc12. The Morgan fingerprint density at radius 2 is 1.44 bits per heavy atom. The molecule has 36 heavy (non-hydrogen) atoms. The highest BCUT2D eigenvalue weighted by Gasteiger charge is 2.24. The van der Waals surface area contributed by atoms with E-state index in [1.54, 1.807) is 14.2 Å². The van der Waals surface area contributed by atoms with Gasteiger partial charge in [-0.1, -0.05) is 48.5 Å². The number of rotatable bonds is 7. The summed E-state index contributed by atoms with van der Waals surface area (Å²) in [6.45, 7) is 3.09. The highest BCUT2D eigenvalue weighted by molar-refractivity contribution is 5.95. The zero-order valence-corrected chi connectivity index (χ0v) is 20.6. The molecule has 0 aliphatic carbocycles. The van der Waals surface area contributed by atoms with E-state index < -0.39 is 0 Å². The van der Waals surface area contributed by atoms with Crippen LogP contribution in [0.25, 0.3) is 10.8 Å². The molecule has 1 fully saturated rings. The summed E-state index contributed by atoms with van der Waals surface area (Å²) in [4.78, 5) is 17.5. The summed E-state index contributed by atoms with van der Waals surface area (Å²) in [6, 6.07) is 27.7. The number of nitrogens with zero attached hydrogens (tertiary/aromatic N) is 2. The highest BCUT2D eigenvalue weighted by atomic mass is 16.5. The molecule has 5 rings (SSSR count). The van der Waals surface area contributed by atoms with Crippen molar-refractivity contribution in [2.75, 3.05) is 45.3 Å². The minimum atomic E-state index is 0.0174. The Balaban J connectivity index is 1.29. The predicted octanol–water partition coefficient (Wildman–Crippen LogP) is 5.40. The fraction of sp³-hybridized carbons (Fsp3) is 0.233. The number of ether oxygens (including phenoxy) is 3. The Hall–Kier alpha value is -4.19. The molecule has 6 heteroatoms. The molecular formula is C30H30N2O4. The Kier molecular flexibility index (Phi) is 6.94. The van der Waals surface area contributed by atoms with E-state index >= 15 is 0 Å². The summed E-state index contributed by atoms with van der Waals surface area (Å²) in [5, 5.41) is 2.18. The molecule has 0 aromatic heterocycles. The van der Waals surface area contributed by atoms with Gasteiger partial charge in [-0.15, -0.1) is 0 Å². The van der Waals surface area contributed by atoms with Gasteiger partial charge in [0.05, 0.1) is 19.9 Å². The molecule has 4 aromatic carbocycles. The molecule has 184 valence electrons. The molecule has 1 aliphatic rings. The number of hydrogen-bond acceptors (Lipinski definition) is 5. The van der Waals surface area contributed by atoms with Crippen molar-refractivity contribution in [2.45, 2.75) is 6.61 Å². The van der Waals surface area contributed by atoms with Crippen molar-refractivity contribution in [3.05, 3.63) is 96.1 Å². The third-order valence-corrected chi connectivity index (χ3v) is 6.65. The minimum absolute atomic E-state index is 0.0174. The molecule has 1 saturated heterocycles. The number of carbonyl (C=O) groups is 1. The van der Waals surface area contributed by atoms with Crippen LogP contribution >= 0.6 is 0 Å². The summed E-state index contributed by atoms with van der Waals surface area (Å²) in [7, 11) is 3.32. The molecule has 0 radical (unpaired) electrons. The molecule has 4 aromatic rings. The number of hydrogen-bond donors (Lipinski definition) is 0. The molecule has 0 N–H and O–H groups in total. The molecule has 0 unspecified atom stereocenters. The van der Waals surface area contributed by atoms with Gasteiger partial charge < -0.3 is 24.0 Å². The molecule has 6 nitrogen and oxygen atoms in total. The number of anilines is 1. The molecule has 1 amide bonds. The van der Waals surface area contributed by atoms with Crippen molar-refractivity contribution in [1.29, 1.82) is 0 Å². The van der Waals surface area contributed by atoms with Crippen molar-refractivity contribution in [3.8, 4) is 17.2 Å². The summed E-state index contributed by atoms with van der Waals surface area (Å²) in [6.07, 6.45) is 0. The number of carbonyl (C=O) groups excluding carboxylic acids is 1. The predicted molar refractivity (Wildman–Crippen MR) is 142 cm³/mol. The van der Waals surface area contributed by atoms with Gasteiger partial charge in [0.25, 0.3) is 5.91 Å². The van der Waals surface area contributed by atoms with Crippen LogP contribution in [0.5, 0.6) is 17.2 Å². The van der Waals surface area contributed by atoms with Crippen LogP contribution in [-0.4, -0.2) is 51.2 Å². The van der Waals surface area contributed by atoms with Crippen molar-refractivity contribution in [1.82, 2.24) is 4.90 Å². The van der Waals surface area contributed by atoms with Crippen LogP contribution in [-0.2, 0) is 6.61 Å². The van der Waals surface area contributed by atoms with Gasteiger partial charge in [-0.3, -0.25) is 4.79 Å². The van der Waals surface area contributed by atoms with Gasteiger partial charge in [0.1, 0.15) is 23.9 Å². The average molecular weight is 483 g/mol. The maximum absolute atomic E-state index is 13.4. The number of methoxy groups -OCH3 is 2. The van der Waals surface area contributed by atoms with E-state index in [1.165, 1.54) is 0 Å². The van der Waals surface area contributed by atoms with Crippen LogP contribution < -0.4 is 19.1 Å². The van der Waals surface area contributed by atoms with Crippen molar-refractivity contribution in [2.24, 2.45) is 0 Å². The lowest BCUT2D eigenvalue weighted by molar-refractivity contribution is 0.0746. The third kappa shape index (κ3) is 4.80. The largest absolute Gasteiger partial charge is 0.496 e. The molecule has 0 spiro atoms. The first-order valence-corrected chi connectivity index (χ1v) is 12.1. The Morgan fingerprint density at radius 3 is 2.25 bits per heavy atom. The fourth-order valence-corrected chi connectivity index (χ4v) is 4.73. The fourth-order valence-electron chi connectivity index (χ4n) is 4.73. The van der Waals surface area contributed by atoms with E-state index in [9.17, 15) is 4.79 Å². The van der Waals surface area contributed by atoms with Crippen molar-refractivity contribution < 1.29 is 19.0 Å². The van der Waals surface area contributed by atoms with E-state index in [0.717, 1.165) is 46.6 Å². The molecule has 1 heterocycles. The van der Waals surface area contributed by atoms with E-state index in [2.05, 4.69) is 23.1 Å². The molecular weight excluding hydrogens is 452 g/mol. The normalized spacial score (nSPS) is 13.5. The van der Waals surface area contributed by atoms with Crippen LogP contribution in [0.4, 0.5) is 5.69 Å². The Labute approximate surface area is 211 Å². The lowest BCUT2D eigenvalue weighted by Crippen LogP contribution is -2.48. The lowest BCUT2D eigenvalue weighted by atomic mass is 10.1. The quantitative estimate of drug-likeness (QED) is 0.353. The third-order valence-electron chi connectivity index (χ3n) is 6.65. The molecule has 0 bridgehead atoms. The summed E-state index contributed by atoms with van der Waals surface area (Å²) < 4.78 is 17.3. The minimum Gasteiger partial charge on any atom is -0.496 e.